The zero-order valence-corrected chi connectivity index (χ0v) is 6.34. The molecule has 0 aromatic rings. The highest BCUT2D eigenvalue weighted by atomic mass is 79.9. The van der Waals surface area contributed by atoms with E-state index in [0.29, 0.717) is 6.42 Å². The summed E-state index contributed by atoms with van der Waals surface area (Å²) in [7, 11) is 0. The summed E-state index contributed by atoms with van der Waals surface area (Å²) in [6.45, 7) is 1.75. The largest absolute Gasteiger partial charge is 0.257 e. The molecular formula is C5H9BrF2. The van der Waals surface area contributed by atoms with Crippen molar-refractivity contribution in [2.24, 2.45) is 0 Å². The molecule has 0 rings (SSSR count). The van der Waals surface area contributed by atoms with E-state index in [1.807, 2.05) is 0 Å². The fraction of sp³-hybridized carbons (Fsp3) is 1.00. The highest BCUT2D eigenvalue weighted by molar-refractivity contribution is 9.09. The Morgan fingerprint density at radius 3 is 2.12 bits per heavy atom. The van der Waals surface area contributed by atoms with E-state index in [1.54, 1.807) is 6.92 Å². The van der Waals surface area contributed by atoms with E-state index in [2.05, 4.69) is 15.9 Å². The van der Waals surface area contributed by atoms with Crippen molar-refractivity contribution in [2.45, 2.75) is 25.7 Å². The van der Waals surface area contributed by atoms with Gasteiger partial charge in [0.25, 0.3) is 5.92 Å². The molecule has 50 valence electrons. The number of hydrogen-bond donors (Lipinski definition) is 0. The first-order valence-electron chi connectivity index (χ1n) is 2.56. The van der Waals surface area contributed by atoms with Crippen LogP contribution in [0.2, 0.25) is 0 Å². The minimum atomic E-state index is -2.49. The molecule has 0 fully saturated rings. The standard InChI is InChI=1S/C5H9BrF2/c1-2-3-5(7,8)4-6/h2-4H2,1H3. The summed E-state index contributed by atoms with van der Waals surface area (Å²) in [6.07, 6.45) is 0.525. The minimum Gasteiger partial charge on any atom is -0.206 e. The van der Waals surface area contributed by atoms with Gasteiger partial charge in [0, 0.05) is 6.42 Å². The van der Waals surface area contributed by atoms with Crippen LogP contribution in [-0.2, 0) is 0 Å². The van der Waals surface area contributed by atoms with Crippen molar-refractivity contribution in [3.8, 4) is 0 Å². The van der Waals surface area contributed by atoms with Crippen LogP contribution in [0.5, 0.6) is 0 Å². The quantitative estimate of drug-likeness (QED) is 0.596. The van der Waals surface area contributed by atoms with Gasteiger partial charge in [0.05, 0.1) is 5.33 Å². The van der Waals surface area contributed by atoms with Gasteiger partial charge < -0.3 is 0 Å². The Kier molecular flexibility index (Phi) is 3.53. The van der Waals surface area contributed by atoms with Crippen molar-refractivity contribution >= 4 is 15.9 Å². The maximum Gasteiger partial charge on any atom is 0.257 e. The van der Waals surface area contributed by atoms with E-state index in [1.165, 1.54) is 0 Å². The van der Waals surface area contributed by atoms with E-state index >= 15 is 0 Å². The van der Waals surface area contributed by atoms with Crippen molar-refractivity contribution in [2.75, 3.05) is 5.33 Å². The van der Waals surface area contributed by atoms with Gasteiger partial charge in [-0.15, -0.1) is 0 Å². The Balaban J connectivity index is 3.37. The molecule has 0 N–H and O–H groups in total. The molecule has 0 saturated carbocycles. The van der Waals surface area contributed by atoms with Gasteiger partial charge in [0.15, 0.2) is 0 Å². The molecule has 0 atom stereocenters. The molecule has 0 aromatic heterocycles. The maximum absolute atomic E-state index is 12.1. The van der Waals surface area contributed by atoms with Crippen LogP contribution in [0, 0.1) is 0 Å². The summed E-state index contributed by atoms with van der Waals surface area (Å²) in [5.41, 5.74) is 0. The lowest BCUT2D eigenvalue weighted by Crippen LogP contribution is -2.16. The van der Waals surface area contributed by atoms with E-state index in [0.717, 1.165) is 0 Å². The molecule has 0 heterocycles. The van der Waals surface area contributed by atoms with Crippen LogP contribution in [0.4, 0.5) is 8.78 Å². The summed E-state index contributed by atoms with van der Waals surface area (Å²) in [4.78, 5) is 0. The fourth-order valence-electron chi connectivity index (χ4n) is 0.433. The normalized spacial score (nSPS) is 12.0. The predicted molar refractivity (Wildman–Crippen MR) is 33.6 cm³/mol. The first-order valence-corrected chi connectivity index (χ1v) is 3.68. The van der Waals surface area contributed by atoms with Crippen LogP contribution < -0.4 is 0 Å². The van der Waals surface area contributed by atoms with Gasteiger partial charge in [-0.25, -0.2) is 8.78 Å². The van der Waals surface area contributed by atoms with Crippen LogP contribution >= 0.6 is 15.9 Å². The molecule has 3 heteroatoms. The van der Waals surface area contributed by atoms with Crippen molar-refractivity contribution in [1.82, 2.24) is 0 Å². The zero-order chi connectivity index (χ0) is 6.62. The topological polar surface area (TPSA) is 0 Å². The first kappa shape index (κ1) is 8.34. The third-order valence-electron chi connectivity index (χ3n) is 0.811. The lowest BCUT2D eigenvalue weighted by atomic mass is 10.2. The molecule has 0 bridgehead atoms. The second-order valence-electron chi connectivity index (χ2n) is 1.74. The van der Waals surface area contributed by atoms with Crippen LogP contribution in [0.3, 0.4) is 0 Å². The first-order chi connectivity index (χ1) is 3.62. The number of alkyl halides is 3. The number of hydrogen-bond acceptors (Lipinski definition) is 0. The van der Waals surface area contributed by atoms with Crippen molar-refractivity contribution in [3.05, 3.63) is 0 Å². The van der Waals surface area contributed by atoms with Gasteiger partial charge in [-0.3, -0.25) is 0 Å². The van der Waals surface area contributed by atoms with Crippen LogP contribution in [0.15, 0.2) is 0 Å². The predicted octanol–water partition coefficient (Wildman–Crippen LogP) is 2.82. The van der Waals surface area contributed by atoms with E-state index < -0.39 is 5.92 Å². The molecule has 0 radical (unpaired) electrons. The van der Waals surface area contributed by atoms with Gasteiger partial charge >= 0.3 is 0 Å². The molecule has 0 unspecified atom stereocenters. The van der Waals surface area contributed by atoms with Crippen molar-refractivity contribution < 1.29 is 8.78 Å². The molecule has 0 aliphatic rings. The van der Waals surface area contributed by atoms with Crippen molar-refractivity contribution in [1.29, 1.82) is 0 Å². The monoisotopic (exact) mass is 186 g/mol. The van der Waals surface area contributed by atoms with E-state index in [9.17, 15) is 8.78 Å². The second-order valence-corrected chi connectivity index (χ2v) is 2.30. The molecule has 0 nitrogen and oxygen atoms in total. The van der Waals surface area contributed by atoms with Gasteiger partial charge in [0.1, 0.15) is 0 Å². The van der Waals surface area contributed by atoms with Crippen LogP contribution in [0.1, 0.15) is 19.8 Å². The van der Waals surface area contributed by atoms with Crippen LogP contribution in [0.25, 0.3) is 0 Å². The molecule has 0 amide bonds. The molecule has 0 aromatic carbocycles. The molecule has 8 heavy (non-hydrogen) atoms. The number of halogens is 3. The molecular weight excluding hydrogens is 178 g/mol. The minimum absolute atomic E-state index is 0.0156. The Labute approximate surface area is 56.4 Å². The second kappa shape index (κ2) is 3.38. The summed E-state index contributed by atoms with van der Waals surface area (Å²) >= 11 is 2.72. The highest BCUT2D eigenvalue weighted by Crippen LogP contribution is 2.21. The smallest absolute Gasteiger partial charge is 0.206 e. The van der Waals surface area contributed by atoms with Crippen LogP contribution in [-0.4, -0.2) is 11.3 Å². The average Bonchev–Trinajstić information content (AvgIpc) is 1.67. The highest BCUT2D eigenvalue weighted by Gasteiger charge is 2.24. The lowest BCUT2D eigenvalue weighted by molar-refractivity contribution is 0.0190. The van der Waals surface area contributed by atoms with E-state index in [-0.39, 0.29) is 11.8 Å². The zero-order valence-electron chi connectivity index (χ0n) is 4.76. The fourth-order valence-corrected chi connectivity index (χ4v) is 0.713. The van der Waals surface area contributed by atoms with E-state index in [4.69, 9.17) is 0 Å². The number of rotatable bonds is 3. The Bertz CT molecular complexity index is 63.4. The Morgan fingerprint density at radius 2 is 2.00 bits per heavy atom. The SMILES string of the molecule is CCCC(F)(F)CBr. The maximum atomic E-state index is 12.1. The molecule has 0 saturated heterocycles. The molecule has 0 spiro atoms. The van der Waals surface area contributed by atoms with Crippen molar-refractivity contribution in [3.63, 3.8) is 0 Å². The lowest BCUT2D eigenvalue weighted by Gasteiger charge is -2.09. The van der Waals surface area contributed by atoms with Gasteiger partial charge in [0.2, 0.25) is 0 Å². The third kappa shape index (κ3) is 3.36. The summed E-state index contributed by atoms with van der Waals surface area (Å²) in [6, 6.07) is 0. The summed E-state index contributed by atoms with van der Waals surface area (Å²) < 4.78 is 24.2. The van der Waals surface area contributed by atoms with Gasteiger partial charge in [-0.1, -0.05) is 29.3 Å². The summed E-state index contributed by atoms with van der Waals surface area (Å²) in [5.74, 6) is -2.49. The average molecular weight is 187 g/mol. The molecule has 0 aliphatic heterocycles. The van der Waals surface area contributed by atoms with Gasteiger partial charge in [-0.05, 0) is 0 Å². The third-order valence-corrected chi connectivity index (χ3v) is 1.63. The Morgan fingerprint density at radius 1 is 1.50 bits per heavy atom. The molecule has 0 aliphatic carbocycles. The summed E-state index contributed by atoms with van der Waals surface area (Å²) in [5, 5.41) is -0.214. The van der Waals surface area contributed by atoms with Gasteiger partial charge in [-0.2, -0.15) is 0 Å². The Hall–Kier alpha value is 0.340.